The average molecular weight is 1050 g/mol. The van der Waals surface area contributed by atoms with E-state index in [2.05, 4.69) is 60.5 Å². The van der Waals surface area contributed by atoms with Crippen LogP contribution in [-0.2, 0) is 52.7 Å². The number of carboxylic acid groups (broad SMARTS) is 6. The third kappa shape index (κ3) is 38.0. The van der Waals surface area contributed by atoms with E-state index in [1.54, 1.807) is 0 Å². The van der Waals surface area contributed by atoms with Crippen molar-refractivity contribution in [2.45, 2.75) is 69.4 Å². The van der Waals surface area contributed by atoms with Crippen molar-refractivity contribution in [1.82, 2.24) is 47.9 Å². The van der Waals surface area contributed by atoms with Gasteiger partial charge in [-0.2, -0.15) is 12.6 Å². The Labute approximate surface area is 405 Å². The minimum absolute atomic E-state index is 0.0656. The molecule has 35 heteroatoms. The highest BCUT2D eigenvalue weighted by Gasteiger charge is 2.25. The molecule has 0 aromatic heterocycles. The third-order valence-corrected chi connectivity index (χ3v) is 9.59. The fraction of sp³-hybridized carbons (Fsp3) is 0.588. The quantitative estimate of drug-likeness (QED) is 0.0310. The number of carbonyl (C=O) groups excluding carboxylic acids is 8. The highest BCUT2D eigenvalue weighted by molar-refractivity contribution is 8.13. The van der Waals surface area contributed by atoms with Gasteiger partial charge in [0.15, 0.2) is 10.2 Å². The molecule has 0 aliphatic heterocycles. The monoisotopic (exact) mass is 1050 g/mol. The molecule has 0 aromatic rings. The smallest absolute Gasteiger partial charge is 0.322 e. The number of unbranched alkanes of at least 4 members (excludes halogenated alkanes) is 1. The first-order valence-electron chi connectivity index (χ1n) is 19.5. The van der Waals surface area contributed by atoms with Crippen molar-refractivity contribution in [2.24, 2.45) is 17.2 Å². The Morgan fingerprint density at radius 3 is 1.07 bits per heavy atom. The van der Waals surface area contributed by atoms with Crippen LogP contribution in [-0.4, -0.2) is 205 Å². The molecule has 0 saturated carbocycles. The number of urea groups is 3. The molecule has 0 aliphatic carbocycles. The second-order valence-corrected chi connectivity index (χ2v) is 15.8. The zero-order valence-corrected chi connectivity index (χ0v) is 39.4. The standard InChI is InChI=1S/C14H24N4O7S.C11H18N4O7S.C9H16N4O6S/c1-2-3-4-11(21)26-7-9(12(22)16-6-10(19)20)18-14(25)17-5-8(15)13(23)24;1-5(16)23-4-7(9(19)13-3-8(17)18)15-11(22)14-2-6(12)10(20)21;10-4(8(17)18)1-12-9(19)13-5(3-20)7(16)11-2-6(14)15/h8-9H,2-7,15H2,1H3,(H,16,22)(H,19,20)(H,23,24)(H2,17,18,25);6-7H,2-4,12H2,1H3,(H,13,19)(H,17,18)(H,20,21)(H2,14,15,22);4-5,20H,1-3,10H2,(H,11,16)(H,14,15)(H,17,18)(H2,12,13,19)/t8-,9-;6-,7-;4-,5-/m000/s1. The number of nitrogens with two attached hydrogens (primary N) is 3. The van der Waals surface area contributed by atoms with Gasteiger partial charge in [0, 0.05) is 50.2 Å². The van der Waals surface area contributed by atoms with Gasteiger partial charge in [-0.05, 0) is 6.42 Å². The number of aliphatic carboxylic acids is 6. The van der Waals surface area contributed by atoms with Gasteiger partial charge in [0.25, 0.3) is 0 Å². The van der Waals surface area contributed by atoms with Crippen LogP contribution in [0.1, 0.15) is 33.1 Å². The van der Waals surface area contributed by atoms with Crippen molar-refractivity contribution >= 4 is 118 Å². The van der Waals surface area contributed by atoms with Gasteiger partial charge in [0.05, 0.1) is 0 Å². The van der Waals surface area contributed by atoms with Crippen LogP contribution in [0.25, 0.3) is 0 Å². The van der Waals surface area contributed by atoms with E-state index in [1.165, 1.54) is 6.92 Å². The number of carbonyl (C=O) groups is 14. The van der Waals surface area contributed by atoms with Gasteiger partial charge < -0.3 is 95.7 Å². The van der Waals surface area contributed by atoms with Crippen molar-refractivity contribution in [3.8, 4) is 0 Å². The lowest BCUT2D eigenvalue weighted by molar-refractivity contribution is -0.139. The number of hydrogen-bond acceptors (Lipinski definition) is 20. The number of hydrogen-bond donors (Lipinski definition) is 19. The Morgan fingerprint density at radius 1 is 0.493 bits per heavy atom. The van der Waals surface area contributed by atoms with E-state index in [1.807, 2.05) is 6.92 Å². The Balaban J connectivity index is -0.000000955. The molecule has 0 rings (SSSR count). The second kappa shape index (κ2) is 38.3. The van der Waals surface area contributed by atoms with Crippen molar-refractivity contribution in [2.75, 3.05) is 56.5 Å². The van der Waals surface area contributed by atoms with Crippen LogP contribution in [0.3, 0.4) is 0 Å². The zero-order valence-electron chi connectivity index (χ0n) is 36.8. The summed E-state index contributed by atoms with van der Waals surface area (Å²) in [6.07, 6.45) is 1.85. The lowest BCUT2D eigenvalue weighted by Crippen LogP contribution is -2.54. The summed E-state index contributed by atoms with van der Waals surface area (Å²) in [5, 5.41) is 70.2. The van der Waals surface area contributed by atoms with Crippen molar-refractivity contribution in [3.05, 3.63) is 0 Å². The molecule has 9 amide bonds. The number of thioether (sulfide) groups is 2. The van der Waals surface area contributed by atoms with Gasteiger partial charge in [-0.3, -0.25) is 52.7 Å². The first kappa shape index (κ1) is 66.6. The number of nitrogens with one attached hydrogen (secondary N) is 9. The van der Waals surface area contributed by atoms with Crippen LogP contribution in [0.2, 0.25) is 0 Å². The minimum Gasteiger partial charge on any atom is -0.480 e. The third-order valence-electron chi connectivity index (χ3n) is 7.29. The highest BCUT2D eigenvalue weighted by Crippen LogP contribution is 2.11. The van der Waals surface area contributed by atoms with Crippen LogP contribution in [0.5, 0.6) is 0 Å². The fourth-order valence-electron chi connectivity index (χ4n) is 3.69. The summed E-state index contributed by atoms with van der Waals surface area (Å²) in [6.45, 7) is 0.256. The molecule has 0 heterocycles. The maximum atomic E-state index is 12.0. The average Bonchev–Trinajstić information content (AvgIpc) is 3.27. The molecule has 32 nitrogen and oxygen atoms in total. The number of amides is 9. The summed E-state index contributed by atoms with van der Waals surface area (Å²) in [7, 11) is 0. The summed E-state index contributed by atoms with van der Waals surface area (Å²) in [5.41, 5.74) is 15.6. The van der Waals surface area contributed by atoms with E-state index in [0.29, 0.717) is 12.8 Å². The van der Waals surface area contributed by atoms with E-state index in [0.717, 1.165) is 29.9 Å². The molecule has 0 bridgehead atoms. The maximum absolute atomic E-state index is 12.0. The summed E-state index contributed by atoms with van der Waals surface area (Å²) in [4.78, 5) is 155. The number of carboxylic acids is 6. The first-order valence-corrected chi connectivity index (χ1v) is 22.1. The van der Waals surface area contributed by atoms with Crippen molar-refractivity contribution < 1.29 is 97.8 Å². The molecular weight excluding hydrogens is 993 g/mol. The largest absolute Gasteiger partial charge is 0.480 e. The summed E-state index contributed by atoms with van der Waals surface area (Å²) >= 11 is 5.46. The topological polar surface area (TPSA) is 547 Å². The molecule has 0 fully saturated rings. The second-order valence-electron chi connectivity index (χ2n) is 13.2. The predicted molar refractivity (Wildman–Crippen MR) is 244 cm³/mol. The first-order chi connectivity index (χ1) is 32.1. The molecule has 0 radical (unpaired) electrons. The van der Waals surface area contributed by atoms with Gasteiger partial charge in [-0.1, -0.05) is 36.9 Å². The molecule has 6 atom stereocenters. The molecule has 0 aliphatic rings. The Morgan fingerprint density at radius 2 is 0.797 bits per heavy atom. The summed E-state index contributed by atoms with van der Waals surface area (Å²) < 4.78 is 0. The van der Waals surface area contributed by atoms with Gasteiger partial charge in [-0.25, -0.2) is 14.4 Å². The zero-order chi connectivity index (χ0) is 53.8. The lowest BCUT2D eigenvalue weighted by atomic mass is 10.3. The Bertz CT molecular complexity index is 1800. The van der Waals surface area contributed by atoms with E-state index >= 15 is 0 Å². The van der Waals surface area contributed by atoms with E-state index in [4.69, 9.17) is 47.8 Å². The SMILES string of the molecule is CC(=O)SC[C@H](NC(=O)NC[C@H](N)C(=O)O)C(=O)NCC(=O)O.CCCCC(=O)SC[C@H](NC(=O)NC[C@H](N)C(=O)O)C(=O)NCC(=O)O.N[C@@H](CNC(=O)N[C@@H](CS)C(=O)NCC(=O)O)C(=O)O. The summed E-state index contributed by atoms with van der Waals surface area (Å²) in [5.74, 6) is -10.2. The summed E-state index contributed by atoms with van der Waals surface area (Å²) in [6, 6.07) is -9.85. The van der Waals surface area contributed by atoms with Gasteiger partial charge in [0.1, 0.15) is 55.9 Å². The van der Waals surface area contributed by atoms with Gasteiger partial charge in [-0.15, -0.1) is 0 Å². The maximum Gasteiger partial charge on any atom is 0.322 e. The van der Waals surface area contributed by atoms with E-state index < -0.39 is 128 Å². The molecule has 0 saturated heterocycles. The lowest BCUT2D eigenvalue weighted by Gasteiger charge is -2.18. The van der Waals surface area contributed by atoms with Gasteiger partial charge in [0.2, 0.25) is 17.7 Å². The Hall–Kier alpha value is -6.69. The molecule has 392 valence electrons. The molecule has 69 heavy (non-hydrogen) atoms. The molecule has 0 spiro atoms. The number of rotatable bonds is 29. The van der Waals surface area contributed by atoms with Crippen LogP contribution in [0.15, 0.2) is 0 Å². The molecular formula is C34H58N12O20S3. The number of thiol groups is 1. The van der Waals surface area contributed by atoms with Crippen molar-refractivity contribution in [3.63, 3.8) is 0 Å². The fourth-order valence-corrected chi connectivity index (χ4v) is 5.45. The molecule has 21 N–H and O–H groups in total. The predicted octanol–water partition coefficient (Wildman–Crippen LogP) is -6.54. The normalized spacial score (nSPS) is 12.7. The van der Waals surface area contributed by atoms with Crippen LogP contribution >= 0.6 is 36.2 Å². The highest BCUT2D eigenvalue weighted by atomic mass is 32.2. The van der Waals surface area contributed by atoms with Gasteiger partial charge >= 0.3 is 53.9 Å². The minimum atomic E-state index is -1.31. The van der Waals surface area contributed by atoms with E-state index in [-0.39, 0.29) is 47.1 Å². The van der Waals surface area contributed by atoms with Crippen LogP contribution in [0, 0.1) is 0 Å². The van der Waals surface area contributed by atoms with Crippen LogP contribution in [0.4, 0.5) is 14.4 Å². The molecule has 0 unspecified atom stereocenters. The molecule has 0 aromatic carbocycles. The Kier molecular flexibility index (Phi) is 37.0. The van der Waals surface area contributed by atoms with Crippen molar-refractivity contribution in [1.29, 1.82) is 0 Å². The van der Waals surface area contributed by atoms with Crippen LogP contribution < -0.4 is 65.1 Å². The van der Waals surface area contributed by atoms with E-state index in [9.17, 15) is 67.1 Å².